The zero-order chi connectivity index (χ0) is 13.4. The summed E-state index contributed by atoms with van der Waals surface area (Å²) in [6.07, 6.45) is 6.43. The molecule has 0 saturated carbocycles. The Labute approximate surface area is 111 Å². The van der Waals surface area contributed by atoms with Gasteiger partial charge in [-0.3, -0.25) is 4.68 Å². The van der Waals surface area contributed by atoms with E-state index in [4.69, 9.17) is 4.74 Å². The van der Waals surface area contributed by atoms with Gasteiger partial charge in [-0.05, 0) is 45.7 Å². The second kappa shape index (κ2) is 8.27. The average molecular weight is 253 g/mol. The Morgan fingerprint density at radius 3 is 2.72 bits per heavy atom. The van der Waals surface area contributed by atoms with Gasteiger partial charge in [0.1, 0.15) is 0 Å². The molecule has 1 aromatic heterocycles. The van der Waals surface area contributed by atoms with E-state index in [-0.39, 0.29) is 6.10 Å². The first kappa shape index (κ1) is 15.2. The molecule has 1 rings (SSSR count). The van der Waals surface area contributed by atoms with Gasteiger partial charge < -0.3 is 10.1 Å². The smallest absolute Gasteiger partial charge is 0.0703 e. The van der Waals surface area contributed by atoms with Gasteiger partial charge in [-0.25, -0.2) is 0 Å². The van der Waals surface area contributed by atoms with Gasteiger partial charge in [0.2, 0.25) is 0 Å². The lowest BCUT2D eigenvalue weighted by atomic mass is 10.0. The predicted octanol–water partition coefficient (Wildman–Crippen LogP) is 2.24. The molecule has 18 heavy (non-hydrogen) atoms. The van der Waals surface area contributed by atoms with Crippen LogP contribution in [0.5, 0.6) is 0 Å². The van der Waals surface area contributed by atoms with Crippen LogP contribution in [0.25, 0.3) is 0 Å². The van der Waals surface area contributed by atoms with Crippen molar-refractivity contribution in [1.82, 2.24) is 15.1 Å². The molecular formula is C14H27N3O. The first-order valence-corrected chi connectivity index (χ1v) is 7.07. The molecule has 0 aliphatic carbocycles. The molecule has 0 amide bonds. The van der Waals surface area contributed by atoms with Crippen LogP contribution in [0.1, 0.15) is 39.7 Å². The monoisotopic (exact) mass is 253 g/mol. The lowest BCUT2D eigenvalue weighted by Crippen LogP contribution is -2.41. The minimum atomic E-state index is 0.228. The van der Waals surface area contributed by atoms with E-state index in [9.17, 15) is 0 Å². The van der Waals surface area contributed by atoms with E-state index >= 15 is 0 Å². The quantitative estimate of drug-likeness (QED) is 0.733. The van der Waals surface area contributed by atoms with Crippen LogP contribution in [0.2, 0.25) is 0 Å². The van der Waals surface area contributed by atoms with Crippen molar-refractivity contribution in [2.75, 3.05) is 13.2 Å². The number of ether oxygens (including phenoxy) is 1. The van der Waals surface area contributed by atoms with Gasteiger partial charge in [0.15, 0.2) is 0 Å². The van der Waals surface area contributed by atoms with E-state index in [2.05, 4.69) is 37.4 Å². The molecule has 1 N–H and O–H groups in total. The highest BCUT2D eigenvalue weighted by Crippen LogP contribution is 2.08. The average Bonchev–Trinajstić information content (AvgIpc) is 2.82. The Morgan fingerprint density at radius 1 is 1.39 bits per heavy atom. The first-order chi connectivity index (χ1) is 8.71. The van der Waals surface area contributed by atoms with E-state index in [1.165, 1.54) is 5.56 Å². The minimum absolute atomic E-state index is 0.228. The largest absolute Gasteiger partial charge is 0.377 e. The molecule has 0 saturated heterocycles. The van der Waals surface area contributed by atoms with Crippen LogP contribution >= 0.6 is 0 Å². The minimum Gasteiger partial charge on any atom is -0.377 e. The Bertz CT molecular complexity index is 325. The number of rotatable bonds is 9. The first-order valence-electron chi connectivity index (χ1n) is 7.07. The predicted molar refractivity (Wildman–Crippen MR) is 74.8 cm³/mol. The van der Waals surface area contributed by atoms with Crippen LogP contribution in [0.3, 0.4) is 0 Å². The standard InChI is InChI=1S/C14H27N3O/c1-5-8-15-14(12(4)18-7-3)9-13-10-16-17(6-2)11-13/h10-12,14-15H,5-9H2,1-4H3. The summed E-state index contributed by atoms with van der Waals surface area (Å²) < 4.78 is 7.69. The van der Waals surface area contributed by atoms with Gasteiger partial charge in [-0.1, -0.05) is 6.92 Å². The van der Waals surface area contributed by atoms with Crippen molar-refractivity contribution in [3.05, 3.63) is 18.0 Å². The van der Waals surface area contributed by atoms with Crippen LogP contribution in [0.15, 0.2) is 12.4 Å². The third-order valence-corrected chi connectivity index (χ3v) is 3.12. The van der Waals surface area contributed by atoms with E-state index < -0.39 is 0 Å². The molecule has 0 fully saturated rings. The summed E-state index contributed by atoms with van der Waals surface area (Å²) in [6, 6.07) is 0.361. The van der Waals surface area contributed by atoms with E-state index in [1.807, 2.05) is 17.8 Å². The lowest BCUT2D eigenvalue weighted by molar-refractivity contribution is 0.0476. The van der Waals surface area contributed by atoms with Crippen LogP contribution in [0, 0.1) is 0 Å². The topological polar surface area (TPSA) is 39.1 Å². The third kappa shape index (κ3) is 4.78. The van der Waals surface area contributed by atoms with E-state index in [0.29, 0.717) is 6.04 Å². The fourth-order valence-corrected chi connectivity index (χ4v) is 2.05. The molecule has 0 radical (unpaired) electrons. The van der Waals surface area contributed by atoms with Gasteiger partial charge >= 0.3 is 0 Å². The number of hydrogen-bond donors (Lipinski definition) is 1. The van der Waals surface area contributed by atoms with E-state index in [0.717, 1.165) is 32.5 Å². The summed E-state index contributed by atoms with van der Waals surface area (Å²) in [4.78, 5) is 0. The van der Waals surface area contributed by atoms with Crippen molar-refractivity contribution < 1.29 is 4.74 Å². The van der Waals surface area contributed by atoms with Crippen LogP contribution < -0.4 is 5.32 Å². The van der Waals surface area contributed by atoms with Crippen molar-refractivity contribution in [2.24, 2.45) is 0 Å². The third-order valence-electron chi connectivity index (χ3n) is 3.12. The lowest BCUT2D eigenvalue weighted by Gasteiger charge is -2.24. The molecule has 1 heterocycles. The van der Waals surface area contributed by atoms with Crippen molar-refractivity contribution in [1.29, 1.82) is 0 Å². The molecule has 4 nitrogen and oxygen atoms in total. The summed E-state index contributed by atoms with van der Waals surface area (Å²) >= 11 is 0. The molecule has 104 valence electrons. The molecule has 0 aromatic carbocycles. The van der Waals surface area contributed by atoms with Gasteiger partial charge in [-0.2, -0.15) is 5.10 Å². The van der Waals surface area contributed by atoms with Crippen molar-refractivity contribution >= 4 is 0 Å². The zero-order valence-corrected chi connectivity index (χ0v) is 12.1. The molecule has 4 heteroatoms. The molecule has 2 unspecified atom stereocenters. The zero-order valence-electron chi connectivity index (χ0n) is 12.1. The Morgan fingerprint density at radius 2 is 2.17 bits per heavy atom. The SMILES string of the molecule is CCCNC(Cc1cnn(CC)c1)C(C)OCC. The summed E-state index contributed by atoms with van der Waals surface area (Å²) in [5.41, 5.74) is 1.28. The number of aryl methyl sites for hydroxylation is 1. The number of hydrogen-bond acceptors (Lipinski definition) is 3. The van der Waals surface area contributed by atoms with Gasteiger partial charge in [0.25, 0.3) is 0 Å². The molecular weight excluding hydrogens is 226 g/mol. The molecule has 2 atom stereocenters. The summed E-state index contributed by atoms with van der Waals surface area (Å²) in [6.45, 7) is 11.2. The second-order valence-corrected chi connectivity index (χ2v) is 4.63. The number of nitrogens with one attached hydrogen (secondary N) is 1. The van der Waals surface area contributed by atoms with Gasteiger partial charge in [0.05, 0.1) is 12.3 Å². The van der Waals surface area contributed by atoms with Crippen molar-refractivity contribution in [3.8, 4) is 0 Å². The molecule has 0 aliphatic rings. The van der Waals surface area contributed by atoms with Crippen LogP contribution in [-0.4, -0.2) is 35.1 Å². The Hall–Kier alpha value is -0.870. The second-order valence-electron chi connectivity index (χ2n) is 4.63. The fraction of sp³-hybridized carbons (Fsp3) is 0.786. The van der Waals surface area contributed by atoms with Crippen molar-refractivity contribution in [2.45, 2.75) is 59.2 Å². The van der Waals surface area contributed by atoms with Crippen LogP contribution in [-0.2, 0) is 17.7 Å². The van der Waals surface area contributed by atoms with E-state index in [1.54, 1.807) is 0 Å². The maximum Gasteiger partial charge on any atom is 0.0703 e. The van der Waals surface area contributed by atoms with Crippen LogP contribution in [0.4, 0.5) is 0 Å². The molecule has 0 bridgehead atoms. The maximum atomic E-state index is 5.72. The molecule has 0 aliphatic heterocycles. The normalized spacial score (nSPS) is 14.7. The molecule has 0 spiro atoms. The summed E-state index contributed by atoms with van der Waals surface area (Å²) in [5, 5.41) is 7.89. The number of aromatic nitrogens is 2. The highest BCUT2D eigenvalue weighted by atomic mass is 16.5. The Balaban J connectivity index is 2.58. The fourth-order valence-electron chi connectivity index (χ4n) is 2.05. The van der Waals surface area contributed by atoms with Gasteiger partial charge in [0, 0.05) is 25.4 Å². The highest BCUT2D eigenvalue weighted by molar-refractivity contribution is 5.07. The molecule has 1 aromatic rings. The maximum absolute atomic E-state index is 5.72. The number of nitrogens with zero attached hydrogens (tertiary/aromatic N) is 2. The summed E-state index contributed by atoms with van der Waals surface area (Å²) in [5.74, 6) is 0. The highest BCUT2D eigenvalue weighted by Gasteiger charge is 2.17. The van der Waals surface area contributed by atoms with Crippen molar-refractivity contribution in [3.63, 3.8) is 0 Å². The van der Waals surface area contributed by atoms with Gasteiger partial charge in [-0.15, -0.1) is 0 Å². The summed E-state index contributed by atoms with van der Waals surface area (Å²) in [7, 11) is 0. The Kier molecular flexibility index (Phi) is 6.98.